The molecule has 4 rings (SSSR count). The number of benzene rings is 2. The zero-order valence-corrected chi connectivity index (χ0v) is 15.5. The summed E-state index contributed by atoms with van der Waals surface area (Å²) in [5.41, 5.74) is 6.78. The van der Waals surface area contributed by atoms with Crippen molar-refractivity contribution in [2.24, 2.45) is 0 Å². The number of hydrogen-bond donors (Lipinski definition) is 2. The molecule has 3 aromatic rings. The van der Waals surface area contributed by atoms with Crippen molar-refractivity contribution in [2.75, 3.05) is 13.2 Å². The van der Waals surface area contributed by atoms with E-state index >= 15 is 0 Å². The third kappa shape index (κ3) is 4.30. The van der Waals surface area contributed by atoms with Crippen LogP contribution in [0.4, 0.5) is 0 Å². The molecule has 7 nitrogen and oxygen atoms in total. The minimum atomic E-state index is -0.452. The monoisotopic (exact) mass is 389 g/mol. The van der Waals surface area contributed by atoms with Crippen LogP contribution in [0.5, 0.6) is 11.5 Å². The Morgan fingerprint density at radius 3 is 2.48 bits per heavy atom. The molecular formula is C22H19N3O4. The maximum Gasteiger partial charge on any atom is 0.271 e. The Kier molecular flexibility index (Phi) is 5.29. The van der Waals surface area contributed by atoms with Gasteiger partial charge in [0.25, 0.3) is 11.8 Å². The number of amides is 2. The summed E-state index contributed by atoms with van der Waals surface area (Å²) in [7, 11) is 0. The summed E-state index contributed by atoms with van der Waals surface area (Å²) in [6.07, 6.45) is 6.67. The maximum absolute atomic E-state index is 12.5. The molecule has 7 heteroatoms. The summed E-state index contributed by atoms with van der Waals surface area (Å²) >= 11 is 0. The van der Waals surface area contributed by atoms with Crippen LogP contribution >= 0.6 is 0 Å². The standard InChI is InChI=1S/C22H19N3O4/c26-21(10-8-16-7-9-19-20(15-16)29-14-13-28-19)23-24-22(27)17-5-1-2-6-18(17)25-11-3-4-12-25/h1-12,15H,13-14H2,(H,23,26)(H,24,27)/b10-8+. The summed E-state index contributed by atoms with van der Waals surface area (Å²) < 4.78 is 12.8. The molecular weight excluding hydrogens is 370 g/mol. The molecule has 0 spiro atoms. The fourth-order valence-electron chi connectivity index (χ4n) is 2.95. The first-order valence-corrected chi connectivity index (χ1v) is 9.11. The van der Waals surface area contributed by atoms with Crippen LogP contribution in [-0.2, 0) is 4.79 Å². The topological polar surface area (TPSA) is 81.6 Å². The Balaban J connectivity index is 1.38. The van der Waals surface area contributed by atoms with Gasteiger partial charge in [-0.3, -0.25) is 20.4 Å². The largest absolute Gasteiger partial charge is 0.486 e. The fraction of sp³-hybridized carbons (Fsp3) is 0.0909. The molecule has 1 aliphatic rings. The second-order valence-corrected chi connectivity index (χ2v) is 6.29. The van der Waals surface area contributed by atoms with Crippen LogP contribution in [0.1, 0.15) is 15.9 Å². The van der Waals surface area contributed by atoms with Crippen LogP contribution in [0.2, 0.25) is 0 Å². The maximum atomic E-state index is 12.5. The van der Waals surface area contributed by atoms with Gasteiger partial charge in [0.05, 0.1) is 11.3 Å². The molecule has 0 bridgehead atoms. The molecule has 2 N–H and O–H groups in total. The van der Waals surface area contributed by atoms with Gasteiger partial charge in [0.2, 0.25) is 0 Å². The van der Waals surface area contributed by atoms with Crippen molar-refractivity contribution in [2.45, 2.75) is 0 Å². The lowest BCUT2D eigenvalue weighted by Gasteiger charge is -2.18. The van der Waals surface area contributed by atoms with Gasteiger partial charge in [-0.05, 0) is 48.0 Å². The highest BCUT2D eigenvalue weighted by Crippen LogP contribution is 2.31. The molecule has 0 unspecified atom stereocenters. The molecule has 0 saturated heterocycles. The van der Waals surface area contributed by atoms with Crippen molar-refractivity contribution >= 4 is 17.9 Å². The Bertz CT molecular complexity index is 1060. The van der Waals surface area contributed by atoms with E-state index in [0.717, 1.165) is 11.3 Å². The van der Waals surface area contributed by atoms with E-state index in [-0.39, 0.29) is 0 Å². The highest BCUT2D eigenvalue weighted by atomic mass is 16.6. The van der Waals surface area contributed by atoms with Crippen LogP contribution in [0, 0.1) is 0 Å². The van der Waals surface area contributed by atoms with E-state index in [1.807, 2.05) is 47.3 Å². The zero-order valence-electron chi connectivity index (χ0n) is 15.5. The number of carbonyl (C=O) groups is 2. The van der Waals surface area contributed by atoms with Gasteiger partial charge in [-0.15, -0.1) is 0 Å². The number of fused-ring (bicyclic) bond motifs is 1. The molecule has 146 valence electrons. The van der Waals surface area contributed by atoms with E-state index in [2.05, 4.69) is 10.9 Å². The molecule has 0 atom stereocenters. The molecule has 29 heavy (non-hydrogen) atoms. The van der Waals surface area contributed by atoms with Crippen molar-refractivity contribution in [1.29, 1.82) is 0 Å². The Labute approximate surface area is 167 Å². The van der Waals surface area contributed by atoms with Gasteiger partial charge >= 0.3 is 0 Å². The first kappa shape index (κ1) is 18.4. The average Bonchev–Trinajstić information content (AvgIpc) is 3.30. The minimum Gasteiger partial charge on any atom is -0.486 e. The van der Waals surface area contributed by atoms with Gasteiger partial charge < -0.3 is 14.0 Å². The molecule has 0 saturated carbocycles. The first-order valence-electron chi connectivity index (χ1n) is 9.11. The van der Waals surface area contributed by atoms with Gasteiger partial charge in [-0.1, -0.05) is 18.2 Å². The highest BCUT2D eigenvalue weighted by molar-refractivity contribution is 6.00. The van der Waals surface area contributed by atoms with Crippen molar-refractivity contribution < 1.29 is 19.1 Å². The smallest absolute Gasteiger partial charge is 0.271 e. The van der Waals surface area contributed by atoms with Gasteiger partial charge in [0, 0.05) is 18.5 Å². The number of rotatable bonds is 4. The molecule has 2 amide bonds. The van der Waals surface area contributed by atoms with Crippen molar-refractivity contribution in [3.05, 3.63) is 84.2 Å². The summed E-state index contributed by atoms with van der Waals surface area (Å²) in [6, 6.07) is 16.3. The lowest BCUT2D eigenvalue weighted by Crippen LogP contribution is -2.41. The molecule has 1 aromatic heterocycles. The predicted octanol–water partition coefficient (Wildman–Crippen LogP) is 2.72. The lowest BCUT2D eigenvalue weighted by molar-refractivity contribution is -0.117. The van der Waals surface area contributed by atoms with E-state index < -0.39 is 11.8 Å². The van der Waals surface area contributed by atoms with Gasteiger partial charge in [0.1, 0.15) is 13.2 Å². The van der Waals surface area contributed by atoms with Gasteiger partial charge in [-0.25, -0.2) is 0 Å². The van der Waals surface area contributed by atoms with Gasteiger partial charge in [-0.2, -0.15) is 0 Å². The quantitative estimate of drug-likeness (QED) is 0.531. The molecule has 2 heterocycles. The number of para-hydroxylation sites is 1. The molecule has 0 fully saturated rings. The van der Waals surface area contributed by atoms with Crippen LogP contribution in [0.15, 0.2) is 73.1 Å². The lowest BCUT2D eigenvalue weighted by atomic mass is 10.1. The number of nitrogens with zero attached hydrogens (tertiary/aromatic N) is 1. The van der Waals surface area contributed by atoms with Gasteiger partial charge in [0.15, 0.2) is 11.5 Å². The van der Waals surface area contributed by atoms with Crippen LogP contribution in [0.3, 0.4) is 0 Å². The summed E-state index contributed by atoms with van der Waals surface area (Å²) in [4.78, 5) is 24.6. The number of ether oxygens (including phenoxy) is 2. The first-order chi connectivity index (χ1) is 14.2. The van der Waals surface area contributed by atoms with Crippen molar-refractivity contribution in [3.8, 4) is 17.2 Å². The molecule has 0 radical (unpaired) electrons. The van der Waals surface area contributed by atoms with E-state index in [0.29, 0.717) is 30.3 Å². The Hall–Kier alpha value is -4.00. The van der Waals surface area contributed by atoms with Crippen LogP contribution in [0.25, 0.3) is 11.8 Å². The second-order valence-electron chi connectivity index (χ2n) is 6.29. The highest BCUT2D eigenvalue weighted by Gasteiger charge is 2.13. The number of carbonyl (C=O) groups excluding carboxylic acids is 2. The second kappa shape index (κ2) is 8.35. The summed E-state index contributed by atoms with van der Waals surface area (Å²) in [5.74, 6) is 0.474. The van der Waals surface area contributed by atoms with E-state index in [1.54, 1.807) is 30.3 Å². The number of nitrogens with one attached hydrogen (secondary N) is 2. The van der Waals surface area contributed by atoms with Crippen molar-refractivity contribution in [1.82, 2.24) is 15.4 Å². The predicted molar refractivity (Wildman–Crippen MR) is 108 cm³/mol. The fourth-order valence-corrected chi connectivity index (χ4v) is 2.95. The molecule has 0 aliphatic carbocycles. The third-order valence-electron chi connectivity index (χ3n) is 4.32. The minimum absolute atomic E-state index is 0.407. The SMILES string of the molecule is O=C(/C=C/c1ccc2c(c1)OCCO2)NNC(=O)c1ccccc1-n1cccc1. The van der Waals surface area contributed by atoms with Crippen molar-refractivity contribution in [3.63, 3.8) is 0 Å². The zero-order chi connectivity index (χ0) is 20.1. The number of hydrogen-bond acceptors (Lipinski definition) is 4. The van der Waals surface area contributed by atoms with E-state index in [1.165, 1.54) is 6.08 Å². The van der Waals surface area contributed by atoms with Crippen LogP contribution in [-0.4, -0.2) is 29.6 Å². The summed E-state index contributed by atoms with van der Waals surface area (Å²) in [6.45, 7) is 1.02. The summed E-state index contributed by atoms with van der Waals surface area (Å²) in [5, 5.41) is 0. The van der Waals surface area contributed by atoms with E-state index in [9.17, 15) is 9.59 Å². The molecule has 2 aromatic carbocycles. The third-order valence-corrected chi connectivity index (χ3v) is 4.32. The molecule has 1 aliphatic heterocycles. The average molecular weight is 389 g/mol. The van der Waals surface area contributed by atoms with E-state index in [4.69, 9.17) is 9.47 Å². The Morgan fingerprint density at radius 1 is 0.897 bits per heavy atom. The Morgan fingerprint density at radius 2 is 1.66 bits per heavy atom. The number of aromatic nitrogens is 1. The number of hydrazine groups is 1. The normalized spacial score (nSPS) is 12.6. The van der Waals surface area contributed by atoms with Crippen LogP contribution < -0.4 is 20.3 Å².